The first-order chi connectivity index (χ1) is 10.1. The summed E-state index contributed by atoms with van der Waals surface area (Å²) >= 11 is 0. The molecular weight excluding hydrogens is 274 g/mol. The third-order valence-corrected chi connectivity index (χ3v) is 3.36. The van der Waals surface area contributed by atoms with Crippen LogP contribution in [0, 0.1) is 0 Å². The molecule has 0 aliphatic carbocycles. The first kappa shape index (κ1) is 15.2. The lowest BCUT2D eigenvalue weighted by Gasteiger charge is -2.21. The van der Waals surface area contributed by atoms with Gasteiger partial charge in [-0.3, -0.25) is 4.79 Å². The lowest BCUT2D eigenvalue weighted by Crippen LogP contribution is -2.42. The Morgan fingerprint density at radius 3 is 2.43 bits per heavy atom. The first-order valence-corrected chi connectivity index (χ1v) is 6.99. The van der Waals surface area contributed by atoms with Crippen molar-refractivity contribution in [2.45, 2.75) is 25.8 Å². The van der Waals surface area contributed by atoms with E-state index in [0.29, 0.717) is 31.7 Å². The predicted octanol–water partition coefficient (Wildman–Crippen LogP) is 1.54. The summed E-state index contributed by atoms with van der Waals surface area (Å²) in [6, 6.07) is 6.24. The molecule has 1 aromatic carbocycles. The molecule has 0 bridgehead atoms. The molecule has 21 heavy (non-hydrogen) atoms. The van der Waals surface area contributed by atoms with Crippen molar-refractivity contribution in [3.05, 3.63) is 24.3 Å². The molecule has 1 fully saturated rings. The molecule has 0 unspecified atom stereocenters. The zero-order valence-corrected chi connectivity index (χ0v) is 11.9. The smallest absolute Gasteiger partial charge is 0.326 e. The monoisotopic (exact) mass is 293 g/mol. The van der Waals surface area contributed by atoms with Gasteiger partial charge in [-0.25, -0.2) is 4.79 Å². The fraction of sp³-hybridized carbons (Fsp3) is 0.467. The number of hydrogen-bond acceptors (Lipinski definition) is 4. The minimum atomic E-state index is -0.957. The largest absolute Gasteiger partial charge is 0.494 e. The Morgan fingerprint density at radius 2 is 1.86 bits per heavy atom. The Morgan fingerprint density at radius 1 is 1.24 bits per heavy atom. The van der Waals surface area contributed by atoms with E-state index in [1.54, 1.807) is 24.3 Å². The van der Waals surface area contributed by atoms with Gasteiger partial charge in [-0.05, 0) is 44.0 Å². The van der Waals surface area contributed by atoms with E-state index >= 15 is 0 Å². The molecule has 0 aromatic heterocycles. The third kappa shape index (κ3) is 3.87. The van der Waals surface area contributed by atoms with Crippen molar-refractivity contribution in [3.8, 4) is 11.5 Å². The van der Waals surface area contributed by atoms with Crippen molar-refractivity contribution in [2.24, 2.45) is 0 Å². The molecule has 1 atom stereocenters. The highest BCUT2D eigenvalue weighted by Crippen LogP contribution is 2.20. The van der Waals surface area contributed by atoms with Gasteiger partial charge in [0.25, 0.3) is 5.91 Å². The van der Waals surface area contributed by atoms with E-state index in [-0.39, 0.29) is 12.5 Å². The molecule has 114 valence electrons. The maximum Gasteiger partial charge on any atom is 0.326 e. The second kappa shape index (κ2) is 6.97. The number of carbonyl (C=O) groups is 2. The molecule has 0 radical (unpaired) electrons. The molecule has 1 heterocycles. The lowest BCUT2D eigenvalue weighted by molar-refractivity contribution is -0.148. The number of carbonyl (C=O) groups excluding carboxylic acids is 1. The van der Waals surface area contributed by atoms with Crippen LogP contribution in [0.2, 0.25) is 0 Å². The number of aliphatic carboxylic acids is 1. The minimum absolute atomic E-state index is 0.155. The summed E-state index contributed by atoms with van der Waals surface area (Å²) in [5.41, 5.74) is 0. The highest BCUT2D eigenvalue weighted by molar-refractivity contribution is 5.85. The molecule has 6 heteroatoms. The van der Waals surface area contributed by atoms with E-state index in [0.717, 1.165) is 5.75 Å². The van der Waals surface area contributed by atoms with Crippen molar-refractivity contribution in [1.82, 2.24) is 4.90 Å². The summed E-state index contributed by atoms with van der Waals surface area (Å²) in [5.74, 6) is 0.0373. The Balaban J connectivity index is 1.87. The van der Waals surface area contributed by atoms with Gasteiger partial charge in [0.15, 0.2) is 6.61 Å². The fourth-order valence-corrected chi connectivity index (χ4v) is 2.35. The number of hydrogen-bond donors (Lipinski definition) is 1. The molecule has 0 spiro atoms. The van der Waals surface area contributed by atoms with Crippen LogP contribution in [-0.4, -0.2) is 47.7 Å². The van der Waals surface area contributed by atoms with Crippen molar-refractivity contribution in [1.29, 1.82) is 0 Å². The summed E-state index contributed by atoms with van der Waals surface area (Å²) in [6.07, 6.45) is 1.22. The SMILES string of the molecule is CCOc1ccc(OCC(=O)N2CCC[C@H]2C(=O)O)cc1. The third-order valence-electron chi connectivity index (χ3n) is 3.36. The zero-order chi connectivity index (χ0) is 15.2. The number of likely N-dealkylation sites (tertiary alicyclic amines) is 1. The predicted molar refractivity (Wildman–Crippen MR) is 75.5 cm³/mol. The van der Waals surface area contributed by atoms with Gasteiger partial charge in [0.05, 0.1) is 6.61 Å². The van der Waals surface area contributed by atoms with Crippen LogP contribution in [0.5, 0.6) is 11.5 Å². The molecule has 1 saturated heterocycles. The van der Waals surface area contributed by atoms with E-state index in [4.69, 9.17) is 14.6 Å². The Labute approximate surface area is 123 Å². The first-order valence-electron chi connectivity index (χ1n) is 6.99. The Kier molecular flexibility index (Phi) is 5.03. The molecule has 2 rings (SSSR count). The van der Waals surface area contributed by atoms with Crippen LogP contribution in [0.1, 0.15) is 19.8 Å². The Bertz CT molecular complexity index is 499. The van der Waals surface area contributed by atoms with Gasteiger partial charge in [-0.1, -0.05) is 0 Å². The van der Waals surface area contributed by atoms with E-state index in [2.05, 4.69) is 0 Å². The maximum atomic E-state index is 12.0. The molecule has 1 amide bonds. The summed E-state index contributed by atoms with van der Waals surface area (Å²) in [7, 11) is 0. The topological polar surface area (TPSA) is 76.1 Å². The van der Waals surface area contributed by atoms with Gasteiger partial charge in [-0.15, -0.1) is 0 Å². The average Bonchev–Trinajstić information content (AvgIpc) is 2.96. The average molecular weight is 293 g/mol. The van der Waals surface area contributed by atoms with E-state index in [1.807, 2.05) is 6.92 Å². The van der Waals surface area contributed by atoms with Gasteiger partial charge >= 0.3 is 5.97 Å². The normalized spacial score (nSPS) is 17.6. The van der Waals surface area contributed by atoms with Crippen molar-refractivity contribution in [3.63, 3.8) is 0 Å². The second-order valence-corrected chi connectivity index (χ2v) is 4.78. The quantitative estimate of drug-likeness (QED) is 0.861. The van der Waals surface area contributed by atoms with Crippen LogP contribution in [0.3, 0.4) is 0 Å². The summed E-state index contributed by atoms with van der Waals surface area (Å²) in [5, 5.41) is 9.05. The van der Waals surface area contributed by atoms with Gasteiger partial charge in [0.2, 0.25) is 0 Å². The number of ether oxygens (including phenoxy) is 2. The zero-order valence-electron chi connectivity index (χ0n) is 11.9. The molecule has 1 aliphatic heterocycles. The van der Waals surface area contributed by atoms with Gasteiger partial charge in [0, 0.05) is 6.54 Å². The van der Waals surface area contributed by atoms with Crippen LogP contribution >= 0.6 is 0 Å². The molecule has 1 N–H and O–H groups in total. The van der Waals surface area contributed by atoms with Gasteiger partial charge < -0.3 is 19.5 Å². The number of rotatable bonds is 6. The van der Waals surface area contributed by atoms with Crippen molar-refractivity contribution in [2.75, 3.05) is 19.8 Å². The number of nitrogens with zero attached hydrogens (tertiary/aromatic N) is 1. The fourth-order valence-electron chi connectivity index (χ4n) is 2.35. The number of carboxylic acids is 1. The lowest BCUT2D eigenvalue weighted by atomic mass is 10.2. The second-order valence-electron chi connectivity index (χ2n) is 4.78. The Hall–Kier alpha value is -2.24. The maximum absolute atomic E-state index is 12.0. The summed E-state index contributed by atoms with van der Waals surface area (Å²) in [6.45, 7) is 2.81. The summed E-state index contributed by atoms with van der Waals surface area (Å²) < 4.78 is 10.7. The van der Waals surface area contributed by atoms with Crippen LogP contribution in [0.15, 0.2) is 24.3 Å². The highest BCUT2D eigenvalue weighted by atomic mass is 16.5. The van der Waals surface area contributed by atoms with Crippen LogP contribution < -0.4 is 9.47 Å². The molecule has 0 saturated carbocycles. The molecule has 6 nitrogen and oxygen atoms in total. The number of amides is 1. The number of benzene rings is 1. The van der Waals surface area contributed by atoms with E-state index < -0.39 is 12.0 Å². The van der Waals surface area contributed by atoms with Crippen molar-refractivity contribution >= 4 is 11.9 Å². The molecule has 1 aliphatic rings. The van der Waals surface area contributed by atoms with Crippen LogP contribution in [0.25, 0.3) is 0 Å². The van der Waals surface area contributed by atoms with Gasteiger partial charge in [0.1, 0.15) is 17.5 Å². The van der Waals surface area contributed by atoms with Crippen LogP contribution in [0.4, 0.5) is 0 Å². The highest BCUT2D eigenvalue weighted by Gasteiger charge is 2.33. The standard InChI is InChI=1S/C15H19NO5/c1-2-20-11-5-7-12(8-6-11)21-10-14(17)16-9-3-4-13(16)15(18)19/h5-8,13H,2-4,9-10H2,1H3,(H,18,19)/t13-/m0/s1. The number of carboxylic acid groups (broad SMARTS) is 1. The molecule has 1 aromatic rings. The van der Waals surface area contributed by atoms with Crippen molar-refractivity contribution < 1.29 is 24.2 Å². The molecular formula is C15H19NO5. The van der Waals surface area contributed by atoms with E-state index in [1.165, 1.54) is 4.90 Å². The van der Waals surface area contributed by atoms with Crippen LogP contribution in [-0.2, 0) is 9.59 Å². The van der Waals surface area contributed by atoms with E-state index in [9.17, 15) is 9.59 Å². The van der Waals surface area contributed by atoms with Gasteiger partial charge in [-0.2, -0.15) is 0 Å². The minimum Gasteiger partial charge on any atom is -0.494 e. The summed E-state index contributed by atoms with van der Waals surface area (Å²) in [4.78, 5) is 24.4.